The normalized spacial score (nSPS) is 42.4. The number of carboxylic acids is 2. The Kier molecular flexibility index (Phi) is 19.0. The van der Waals surface area contributed by atoms with Crippen molar-refractivity contribution in [3.63, 3.8) is 0 Å². The van der Waals surface area contributed by atoms with Crippen LogP contribution < -0.4 is 16.4 Å². The van der Waals surface area contributed by atoms with Gasteiger partial charge in [0, 0.05) is 20.3 Å². The molecular weight excluding hydrogens is 878 g/mol. The Balaban J connectivity index is 1.65. The van der Waals surface area contributed by atoms with Crippen LogP contribution >= 0.6 is 0 Å². The number of hydrogen-bond donors (Lipinski definition) is 17. The maximum absolute atomic E-state index is 12.9. The van der Waals surface area contributed by atoms with Gasteiger partial charge in [0.25, 0.3) is 5.79 Å². The summed E-state index contributed by atoms with van der Waals surface area (Å²) in [6.45, 7) is -0.925. The lowest BCUT2D eigenvalue weighted by Gasteiger charge is -2.51. The van der Waals surface area contributed by atoms with Gasteiger partial charge in [-0.3, -0.25) is 14.4 Å². The Bertz CT molecular complexity index is 1570. The van der Waals surface area contributed by atoms with Crippen LogP contribution in [-0.4, -0.2) is 262 Å². The molecule has 4 aliphatic rings. The molecule has 370 valence electrons. The maximum atomic E-state index is 12.9. The van der Waals surface area contributed by atoms with Crippen LogP contribution in [0.4, 0.5) is 0 Å². The lowest BCUT2D eigenvalue weighted by Crippen LogP contribution is -2.71. The first kappa shape index (κ1) is 53.7. The van der Waals surface area contributed by atoms with Gasteiger partial charge in [0.15, 0.2) is 18.9 Å². The maximum Gasteiger partial charge on any atom is 0.364 e. The molecule has 0 aromatic carbocycles. The molecule has 0 aromatic heterocycles. The Morgan fingerprint density at radius 2 is 1.23 bits per heavy atom. The van der Waals surface area contributed by atoms with E-state index in [1.54, 1.807) is 0 Å². The molecule has 29 heteroatoms. The van der Waals surface area contributed by atoms with Crippen molar-refractivity contribution in [2.24, 2.45) is 5.73 Å². The number of rotatable bonds is 19. The third-order valence-electron chi connectivity index (χ3n) is 11.1. The fourth-order valence-corrected chi connectivity index (χ4v) is 7.63. The number of ether oxygens (including phenoxy) is 8. The van der Waals surface area contributed by atoms with Gasteiger partial charge in [-0.05, 0) is 6.92 Å². The summed E-state index contributed by atoms with van der Waals surface area (Å²) in [6.07, 6.45) is -38.2. The number of hydrogen-bond acceptors (Lipinski definition) is 25. The lowest BCUT2D eigenvalue weighted by molar-refractivity contribution is -0.389. The van der Waals surface area contributed by atoms with Gasteiger partial charge in [-0.15, -0.1) is 0 Å². The van der Waals surface area contributed by atoms with E-state index in [0.717, 1.165) is 13.8 Å². The molecule has 0 bridgehead atoms. The minimum absolute atomic E-state index is 0.802. The summed E-state index contributed by atoms with van der Waals surface area (Å²) < 4.78 is 45.5. The van der Waals surface area contributed by atoms with Crippen molar-refractivity contribution in [3.05, 3.63) is 0 Å². The quantitative estimate of drug-likeness (QED) is 0.0572. The van der Waals surface area contributed by atoms with Gasteiger partial charge in [0.1, 0.15) is 97.5 Å². The van der Waals surface area contributed by atoms with Crippen molar-refractivity contribution in [1.82, 2.24) is 10.6 Å². The van der Waals surface area contributed by atoms with Gasteiger partial charge in [0.2, 0.25) is 11.8 Å². The number of carboxylic acid groups (broad SMARTS) is 2. The largest absolute Gasteiger partial charge is 0.480 e. The van der Waals surface area contributed by atoms with E-state index < -0.39 is 197 Å². The molecule has 18 N–H and O–H groups in total. The summed E-state index contributed by atoms with van der Waals surface area (Å²) in [5, 5.41) is 152. The second kappa shape index (κ2) is 22.7. The summed E-state index contributed by atoms with van der Waals surface area (Å²) >= 11 is 0. The summed E-state index contributed by atoms with van der Waals surface area (Å²) in [5.74, 6) is -8.36. The minimum Gasteiger partial charge on any atom is -0.480 e. The highest BCUT2D eigenvalue weighted by molar-refractivity contribution is 5.77. The SMILES string of the molecule is CC(=O)N[C@H]1[C@H](O[C@@H]2[C@@H](O[C@H](C)[C@H](N)C(=O)O)O[C@H](CO)[C@@H](O)[C@@H]2O)O[C@H](CO)[C@@H](O[C@@H]2O[C@H](CO)[C@H](O)[C@H](O[C@]3(C(=O)O)C[C@H](O)[C@@H](NC(C)=O)[C@H]([C@H](O)[C@H](O)CO)O3)[C@H]2O)[C@@H]1O. The summed E-state index contributed by atoms with van der Waals surface area (Å²) in [6, 6.07) is -5.07. The van der Waals surface area contributed by atoms with Gasteiger partial charge < -0.3 is 126 Å². The molecule has 4 heterocycles. The highest BCUT2D eigenvalue weighted by Gasteiger charge is 2.60. The second-order valence-corrected chi connectivity index (χ2v) is 15.7. The topological polar surface area (TPSA) is 475 Å². The molecule has 0 radical (unpaired) electrons. The van der Waals surface area contributed by atoms with Crippen molar-refractivity contribution in [2.45, 2.75) is 168 Å². The van der Waals surface area contributed by atoms with E-state index in [1.807, 2.05) is 0 Å². The predicted octanol–water partition coefficient (Wildman–Crippen LogP) is -10.4. The van der Waals surface area contributed by atoms with E-state index in [9.17, 15) is 90.7 Å². The van der Waals surface area contributed by atoms with Crippen LogP contribution in [0.2, 0.25) is 0 Å². The van der Waals surface area contributed by atoms with Gasteiger partial charge in [-0.1, -0.05) is 0 Å². The summed E-state index contributed by atoms with van der Waals surface area (Å²) in [7, 11) is 0. The van der Waals surface area contributed by atoms with Crippen LogP contribution in [0.25, 0.3) is 0 Å². The van der Waals surface area contributed by atoms with Crippen molar-refractivity contribution in [2.75, 3.05) is 26.4 Å². The first-order chi connectivity index (χ1) is 30.0. The Hall–Kier alpha value is -2.96. The van der Waals surface area contributed by atoms with E-state index in [-0.39, 0.29) is 0 Å². The highest BCUT2D eigenvalue weighted by atomic mass is 16.8. The first-order valence-corrected chi connectivity index (χ1v) is 19.9. The fourth-order valence-electron chi connectivity index (χ4n) is 7.63. The third-order valence-corrected chi connectivity index (χ3v) is 11.1. The van der Waals surface area contributed by atoms with Gasteiger partial charge in [-0.2, -0.15) is 0 Å². The van der Waals surface area contributed by atoms with E-state index in [4.69, 9.17) is 43.6 Å². The number of aliphatic hydroxyl groups is 12. The predicted molar refractivity (Wildman–Crippen MR) is 198 cm³/mol. The molecule has 4 saturated heterocycles. The number of carbonyl (C=O) groups is 4. The van der Waals surface area contributed by atoms with Crippen molar-refractivity contribution in [1.29, 1.82) is 0 Å². The van der Waals surface area contributed by atoms with Crippen LogP contribution in [0.3, 0.4) is 0 Å². The second-order valence-electron chi connectivity index (χ2n) is 15.7. The Labute approximate surface area is 362 Å². The van der Waals surface area contributed by atoms with Crippen LogP contribution in [-0.2, 0) is 57.1 Å². The molecule has 4 fully saturated rings. The standard InChI is InChI=1S/C35H59N3O26/c1-9(17(36)30(53)54)57-33-29(24(51)21(48)14(6-40)59-33)62-31-19(38-11(3)44)23(50)26(16(8-42)60-31)61-32-25(52)28(22(49)15(7-41)58-32)64-35(34(55)56)4-12(45)18(37-10(2)43)27(63-35)20(47)13(46)5-39/h9,12-29,31-33,39-42,45-52H,4-8,36H2,1-3H3,(H,37,43)(H,38,44)(H,53,54)(H,55,56)/t9-,12+,13-,14-,15-,16-,17+,18-,19-,20-,21-,22+,23-,24+,25-,26-,27-,28+,29+,31+,32+,33+,35+/m1/s1. The van der Waals surface area contributed by atoms with Crippen molar-refractivity contribution < 1.29 is 129 Å². The molecule has 4 aliphatic heterocycles. The van der Waals surface area contributed by atoms with Crippen LogP contribution in [0.15, 0.2) is 0 Å². The molecule has 2 amide bonds. The molecule has 0 aromatic rings. The molecule has 0 unspecified atom stereocenters. The van der Waals surface area contributed by atoms with Gasteiger partial charge >= 0.3 is 11.9 Å². The molecular formula is C35H59N3O26. The molecule has 0 saturated carbocycles. The summed E-state index contributed by atoms with van der Waals surface area (Å²) in [5.41, 5.74) is 5.65. The summed E-state index contributed by atoms with van der Waals surface area (Å²) in [4.78, 5) is 48.8. The molecule has 4 rings (SSSR count). The van der Waals surface area contributed by atoms with Crippen molar-refractivity contribution in [3.8, 4) is 0 Å². The molecule has 23 atom stereocenters. The third kappa shape index (κ3) is 11.8. The van der Waals surface area contributed by atoms with E-state index >= 15 is 0 Å². The van der Waals surface area contributed by atoms with Gasteiger partial charge in [-0.25, -0.2) is 4.79 Å². The smallest absolute Gasteiger partial charge is 0.364 e. The van der Waals surface area contributed by atoms with Crippen LogP contribution in [0.5, 0.6) is 0 Å². The molecule has 64 heavy (non-hydrogen) atoms. The van der Waals surface area contributed by atoms with E-state index in [2.05, 4.69) is 10.6 Å². The Morgan fingerprint density at radius 3 is 1.77 bits per heavy atom. The van der Waals surface area contributed by atoms with Crippen LogP contribution in [0, 0.1) is 0 Å². The first-order valence-electron chi connectivity index (χ1n) is 19.9. The average Bonchev–Trinajstić information content (AvgIpc) is 3.24. The minimum atomic E-state index is -3.15. The molecule has 29 nitrogen and oxygen atoms in total. The molecule has 0 aliphatic carbocycles. The van der Waals surface area contributed by atoms with E-state index in [0.29, 0.717) is 0 Å². The van der Waals surface area contributed by atoms with Crippen LogP contribution in [0.1, 0.15) is 27.2 Å². The molecule has 0 spiro atoms. The Morgan fingerprint density at radius 1 is 0.703 bits per heavy atom. The van der Waals surface area contributed by atoms with Gasteiger partial charge in [0.05, 0.1) is 44.7 Å². The number of nitrogens with two attached hydrogens (primary N) is 1. The number of nitrogens with one attached hydrogen (secondary N) is 2. The number of amides is 2. The number of carbonyl (C=O) groups excluding carboxylic acids is 2. The van der Waals surface area contributed by atoms with Crippen molar-refractivity contribution >= 4 is 23.8 Å². The fraction of sp³-hybridized carbons (Fsp3) is 0.886. The monoisotopic (exact) mass is 937 g/mol. The average molecular weight is 938 g/mol. The van der Waals surface area contributed by atoms with E-state index in [1.165, 1.54) is 6.92 Å². The number of aliphatic hydroxyl groups excluding tert-OH is 12. The lowest BCUT2D eigenvalue weighted by atomic mass is 9.88. The zero-order valence-corrected chi connectivity index (χ0v) is 34.5. The number of aliphatic carboxylic acids is 2. The zero-order valence-electron chi connectivity index (χ0n) is 34.5. The zero-order chi connectivity index (χ0) is 48.1. The highest BCUT2D eigenvalue weighted by Crippen LogP contribution is 2.39.